The molecule has 1 unspecified atom stereocenters. The molecule has 0 aliphatic carbocycles. The molecule has 0 radical (unpaired) electrons. The molecule has 3 rings (SSSR count). The van der Waals surface area contributed by atoms with Crippen molar-refractivity contribution < 1.29 is 13.6 Å². The molecule has 0 aromatic heterocycles. The second-order valence-electron chi connectivity index (χ2n) is 5.48. The summed E-state index contributed by atoms with van der Waals surface area (Å²) in [6.45, 7) is 1.63. The third-order valence-electron chi connectivity index (χ3n) is 4.22. The van der Waals surface area contributed by atoms with Gasteiger partial charge >= 0.3 is 5.92 Å². The molecule has 1 N–H and O–H groups in total. The highest BCUT2D eigenvalue weighted by molar-refractivity contribution is 5.87. The van der Waals surface area contributed by atoms with Gasteiger partial charge in [0.05, 0.1) is 5.41 Å². The quantitative estimate of drug-likeness (QED) is 0.907. The number of likely N-dealkylation sites (tertiary alicyclic amines) is 1. The molecule has 0 bridgehead atoms. The van der Waals surface area contributed by atoms with E-state index in [4.69, 9.17) is 0 Å². The topological polar surface area (TPSA) is 32.3 Å². The fourth-order valence-electron chi connectivity index (χ4n) is 3.05. The van der Waals surface area contributed by atoms with Gasteiger partial charge in [0.1, 0.15) is 0 Å². The van der Waals surface area contributed by atoms with E-state index in [-0.39, 0.29) is 25.5 Å². The maximum absolute atomic E-state index is 14.0. The van der Waals surface area contributed by atoms with Crippen LogP contribution in [0.5, 0.6) is 0 Å². The SMILES string of the molecule is Cl.O=C1NCC2(CCN(Cc3ccccc3)C2)C1(F)F. The lowest BCUT2D eigenvalue weighted by Crippen LogP contribution is -2.44. The molecule has 110 valence electrons. The van der Waals surface area contributed by atoms with Gasteiger partial charge in [-0.05, 0) is 18.5 Å². The van der Waals surface area contributed by atoms with Crippen molar-refractivity contribution in [2.45, 2.75) is 18.9 Å². The van der Waals surface area contributed by atoms with Gasteiger partial charge in [-0.15, -0.1) is 12.4 Å². The maximum Gasteiger partial charge on any atom is 0.332 e. The van der Waals surface area contributed by atoms with Gasteiger partial charge in [-0.25, -0.2) is 0 Å². The van der Waals surface area contributed by atoms with Crippen molar-refractivity contribution in [1.29, 1.82) is 0 Å². The molecule has 0 saturated carbocycles. The first kappa shape index (κ1) is 15.2. The van der Waals surface area contributed by atoms with E-state index in [0.717, 1.165) is 5.56 Å². The average molecular weight is 303 g/mol. The van der Waals surface area contributed by atoms with Gasteiger partial charge in [0.2, 0.25) is 0 Å². The average Bonchev–Trinajstić information content (AvgIpc) is 2.90. The van der Waals surface area contributed by atoms with Gasteiger partial charge in [-0.1, -0.05) is 30.3 Å². The number of nitrogens with one attached hydrogen (secondary N) is 1. The minimum atomic E-state index is -3.24. The van der Waals surface area contributed by atoms with Gasteiger partial charge in [0, 0.05) is 19.6 Å². The highest BCUT2D eigenvalue weighted by Crippen LogP contribution is 2.47. The van der Waals surface area contributed by atoms with E-state index in [1.54, 1.807) is 0 Å². The summed E-state index contributed by atoms with van der Waals surface area (Å²) in [4.78, 5) is 13.2. The molecular weight excluding hydrogens is 286 g/mol. The number of halogens is 3. The number of carbonyl (C=O) groups excluding carboxylic acids is 1. The first-order valence-corrected chi connectivity index (χ1v) is 6.46. The zero-order chi connectivity index (χ0) is 13.5. The van der Waals surface area contributed by atoms with Crippen LogP contribution in [0.3, 0.4) is 0 Å². The lowest BCUT2D eigenvalue weighted by Gasteiger charge is -2.27. The lowest BCUT2D eigenvalue weighted by molar-refractivity contribution is -0.152. The number of hydrogen-bond acceptors (Lipinski definition) is 2. The van der Waals surface area contributed by atoms with Gasteiger partial charge in [0.15, 0.2) is 0 Å². The molecule has 1 aromatic carbocycles. The number of amides is 1. The summed E-state index contributed by atoms with van der Waals surface area (Å²) in [5.74, 6) is -4.35. The van der Waals surface area contributed by atoms with Gasteiger partial charge in [0.25, 0.3) is 5.91 Å². The molecular formula is C14H17ClF2N2O. The normalized spacial score (nSPS) is 28.4. The Bertz CT molecular complexity index is 497. The van der Waals surface area contributed by atoms with Crippen molar-refractivity contribution in [3.05, 3.63) is 35.9 Å². The standard InChI is InChI=1S/C14H16F2N2O.ClH/c15-14(16)12(19)17-9-13(14)6-7-18(10-13)8-11-4-2-1-3-5-11;/h1-5H,6-10H2,(H,17,19);1H. The molecule has 2 aliphatic heterocycles. The monoisotopic (exact) mass is 302 g/mol. The van der Waals surface area contributed by atoms with Crippen molar-refractivity contribution in [2.24, 2.45) is 5.41 Å². The summed E-state index contributed by atoms with van der Waals surface area (Å²) in [6, 6.07) is 9.79. The Hall–Kier alpha value is -1.20. The third kappa shape index (κ3) is 2.29. The zero-order valence-electron chi connectivity index (χ0n) is 10.9. The number of benzene rings is 1. The molecule has 1 atom stereocenters. The number of alkyl halides is 2. The maximum atomic E-state index is 14.0. The molecule has 2 saturated heterocycles. The van der Waals surface area contributed by atoms with Crippen LogP contribution in [0.2, 0.25) is 0 Å². The van der Waals surface area contributed by atoms with Crippen LogP contribution in [0.25, 0.3) is 0 Å². The largest absolute Gasteiger partial charge is 0.350 e. The van der Waals surface area contributed by atoms with Crippen molar-refractivity contribution in [3.63, 3.8) is 0 Å². The van der Waals surface area contributed by atoms with E-state index in [1.807, 2.05) is 35.2 Å². The van der Waals surface area contributed by atoms with E-state index >= 15 is 0 Å². The van der Waals surface area contributed by atoms with Crippen LogP contribution in [0.4, 0.5) is 8.78 Å². The Morgan fingerprint density at radius 2 is 1.95 bits per heavy atom. The first-order chi connectivity index (χ1) is 9.03. The number of nitrogens with zero attached hydrogens (tertiary/aromatic N) is 1. The van der Waals surface area contributed by atoms with Crippen LogP contribution in [-0.2, 0) is 11.3 Å². The Morgan fingerprint density at radius 3 is 2.55 bits per heavy atom. The zero-order valence-corrected chi connectivity index (χ0v) is 11.8. The molecule has 2 fully saturated rings. The van der Waals surface area contributed by atoms with Gasteiger partial charge < -0.3 is 5.32 Å². The predicted octanol–water partition coefficient (Wildman–Crippen LogP) is 2.07. The van der Waals surface area contributed by atoms with E-state index in [1.165, 1.54) is 0 Å². The summed E-state index contributed by atoms with van der Waals surface area (Å²) in [5.41, 5.74) is -0.0982. The molecule has 2 heterocycles. The molecule has 2 aliphatic rings. The highest BCUT2D eigenvalue weighted by atomic mass is 35.5. The molecule has 1 spiro atoms. The highest BCUT2D eigenvalue weighted by Gasteiger charge is 2.65. The van der Waals surface area contributed by atoms with Gasteiger partial charge in [-0.2, -0.15) is 8.78 Å². The number of rotatable bonds is 2. The fraction of sp³-hybridized carbons (Fsp3) is 0.500. The fourth-order valence-corrected chi connectivity index (χ4v) is 3.05. The van der Waals surface area contributed by atoms with Crippen molar-refractivity contribution in [3.8, 4) is 0 Å². The molecule has 6 heteroatoms. The predicted molar refractivity (Wildman–Crippen MR) is 74.0 cm³/mol. The Morgan fingerprint density at radius 1 is 1.25 bits per heavy atom. The van der Waals surface area contributed by atoms with Crippen LogP contribution in [0.1, 0.15) is 12.0 Å². The summed E-state index contributed by atoms with van der Waals surface area (Å²) in [5, 5.41) is 2.31. The van der Waals surface area contributed by atoms with E-state index in [9.17, 15) is 13.6 Å². The summed E-state index contributed by atoms with van der Waals surface area (Å²) < 4.78 is 27.9. The van der Waals surface area contributed by atoms with Crippen LogP contribution in [0.15, 0.2) is 30.3 Å². The van der Waals surface area contributed by atoms with Crippen LogP contribution >= 0.6 is 12.4 Å². The number of hydrogen-bond donors (Lipinski definition) is 1. The minimum Gasteiger partial charge on any atom is -0.350 e. The molecule has 1 aromatic rings. The minimum absolute atomic E-state index is 0. The third-order valence-corrected chi connectivity index (χ3v) is 4.22. The van der Waals surface area contributed by atoms with E-state index in [0.29, 0.717) is 19.5 Å². The second kappa shape index (κ2) is 5.30. The number of carbonyl (C=O) groups is 1. The van der Waals surface area contributed by atoms with Crippen LogP contribution in [-0.4, -0.2) is 36.4 Å². The molecule has 3 nitrogen and oxygen atoms in total. The lowest BCUT2D eigenvalue weighted by atomic mass is 9.83. The van der Waals surface area contributed by atoms with Crippen molar-refractivity contribution in [1.82, 2.24) is 10.2 Å². The smallest absolute Gasteiger partial charge is 0.332 e. The van der Waals surface area contributed by atoms with Crippen molar-refractivity contribution >= 4 is 18.3 Å². The van der Waals surface area contributed by atoms with Crippen LogP contribution in [0, 0.1) is 5.41 Å². The Balaban J connectivity index is 0.00000147. The van der Waals surface area contributed by atoms with E-state index in [2.05, 4.69) is 5.32 Å². The van der Waals surface area contributed by atoms with Crippen molar-refractivity contribution in [2.75, 3.05) is 19.6 Å². The molecule has 1 amide bonds. The van der Waals surface area contributed by atoms with E-state index < -0.39 is 17.2 Å². The molecule has 20 heavy (non-hydrogen) atoms. The Labute approximate surface area is 122 Å². The first-order valence-electron chi connectivity index (χ1n) is 6.46. The van der Waals surface area contributed by atoms with Gasteiger partial charge in [-0.3, -0.25) is 9.69 Å². The second-order valence-corrected chi connectivity index (χ2v) is 5.48. The summed E-state index contributed by atoms with van der Waals surface area (Å²) in [7, 11) is 0. The Kier molecular flexibility index (Phi) is 4.02. The van der Waals surface area contributed by atoms with Crippen LogP contribution < -0.4 is 5.32 Å². The summed E-state index contributed by atoms with van der Waals surface area (Å²) >= 11 is 0. The summed E-state index contributed by atoms with van der Waals surface area (Å²) in [6.07, 6.45) is 0.367.